The molecule has 1 aliphatic rings. The van der Waals surface area contributed by atoms with Crippen molar-refractivity contribution in [2.24, 2.45) is 0 Å². The largest absolute Gasteiger partial charge is 0.360 e. The van der Waals surface area contributed by atoms with Gasteiger partial charge in [-0.1, -0.05) is 12.2 Å². The molecule has 0 radical (unpaired) electrons. The van der Waals surface area contributed by atoms with Crippen molar-refractivity contribution in [3.63, 3.8) is 0 Å². The summed E-state index contributed by atoms with van der Waals surface area (Å²) < 4.78 is 0. The molecule has 3 N–H and O–H groups in total. The molecule has 15 heavy (non-hydrogen) atoms. The van der Waals surface area contributed by atoms with Crippen LogP contribution in [0.3, 0.4) is 0 Å². The first-order chi connectivity index (χ1) is 7.00. The minimum Gasteiger partial charge on any atom is -0.360 e. The number of hydrogen-bond acceptors (Lipinski definition) is 4. The summed E-state index contributed by atoms with van der Waals surface area (Å²) in [4.78, 5) is 21.8. The summed E-state index contributed by atoms with van der Waals surface area (Å²) in [5, 5.41) is 12.9. The van der Waals surface area contributed by atoms with E-state index in [2.05, 4.69) is 10.6 Å². The SMILES string of the molecule is CC(=O)NC1=CC=CC(C(=N)C(C)=O)N1. The average Bonchev–Trinajstić information content (AvgIpc) is 2.16. The maximum absolute atomic E-state index is 11.0. The lowest BCUT2D eigenvalue weighted by Crippen LogP contribution is -2.43. The minimum absolute atomic E-state index is 0.0257. The van der Waals surface area contributed by atoms with E-state index in [0.717, 1.165) is 0 Å². The van der Waals surface area contributed by atoms with Crippen LogP contribution < -0.4 is 10.6 Å². The summed E-state index contributed by atoms with van der Waals surface area (Å²) in [6, 6.07) is -0.464. The maximum Gasteiger partial charge on any atom is 0.222 e. The number of dihydropyridines is 1. The van der Waals surface area contributed by atoms with Gasteiger partial charge in [0.15, 0.2) is 5.78 Å². The van der Waals surface area contributed by atoms with Crippen LogP contribution in [0.2, 0.25) is 0 Å². The smallest absolute Gasteiger partial charge is 0.222 e. The molecule has 1 aliphatic heterocycles. The van der Waals surface area contributed by atoms with Gasteiger partial charge in [-0.3, -0.25) is 15.0 Å². The number of nitrogens with one attached hydrogen (secondary N) is 3. The van der Waals surface area contributed by atoms with Crippen LogP contribution in [0.5, 0.6) is 0 Å². The van der Waals surface area contributed by atoms with Crippen molar-refractivity contribution in [3.8, 4) is 0 Å². The van der Waals surface area contributed by atoms with Crippen LogP contribution >= 0.6 is 0 Å². The van der Waals surface area contributed by atoms with E-state index in [4.69, 9.17) is 5.41 Å². The first-order valence-electron chi connectivity index (χ1n) is 4.52. The molecule has 0 saturated carbocycles. The van der Waals surface area contributed by atoms with Gasteiger partial charge in [0.2, 0.25) is 5.91 Å². The highest BCUT2D eigenvalue weighted by Gasteiger charge is 2.18. The summed E-state index contributed by atoms with van der Waals surface area (Å²) in [7, 11) is 0. The highest BCUT2D eigenvalue weighted by atomic mass is 16.1. The predicted octanol–water partition coefficient (Wildman–Crippen LogP) is 0.101. The molecule has 0 bridgehead atoms. The Morgan fingerprint density at radius 1 is 1.47 bits per heavy atom. The van der Waals surface area contributed by atoms with Crippen molar-refractivity contribution in [1.29, 1.82) is 5.41 Å². The molecular formula is C10H13N3O2. The number of Topliss-reactive ketones (excluding diaryl/α,β-unsaturated/α-hetero) is 1. The van der Waals surface area contributed by atoms with Gasteiger partial charge in [-0.05, 0) is 6.08 Å². The zero-order chi connectivity index (χ0) is 11.4. The molecule has 1 rings (SSSR count). The fraction of sp³-hybridized carbons (Fsp3) is 0.300. The standard InChI is InChI=1S/C10H13N3O2/c1-6(14)10(11)8-4-3-5-9(13-8)12-7(2)15/h3-5,8,11,13H,1-2H3,(H,12,15). The van der Waals surface area contributed by atoms with Crippen LogP contribution in [0, 0.1) is 5.41 Å². The lowest BCUT2D eigenvalue weighted by molar-refractivity contribution is -0.118. The second-order valence-corrected chi connectivity index (χ2v) is 3.24. The zero-order valence-electron chi connectivity index (χ0n) is 8.63. The van der Waals surface area contributed by atoms with Gasteiger partial charge in [-0.25, -0.2) is 0 Å². The minimum atomic E-state index is -0.464. The molecule has 0 aliphatic carbocycles. The molecule has 0 saturated heterocycles. The molecule has 1 heterocycles. The number of allylic oxidation sites excluding steroid dienone is 2. The third-order valence-corrected chi connectivity index (χ3v) is 1.88. The van der Waals surface area contributed by atoms with Crippen molar-refractivity contribution in [2.45, 2.75) is 19.9 Å². The second-order valence-electron chi connectivity index (χ2n) is 3.24. The van der Waals surface area contributed by atoms with Crippen molar-refractivity contribution in [3.05, 3.63) is 24.0 Å². The monoisotopic (exact) mass is 207 g/mol. The van der Waals surface area contributed by atoms with Gasteiger partial charge in [0.25, 0.3) is 0 Å². The molecule has 5 nitrogen and oxygen atoms in total. The van der Waals surface area contributed by atoms with Crippen LogP contribution in [0.15, 0.2) is 24.0 Å². The van der Waals surface area contributed by atoms with E-state index in [9.17, 15) is 9.59 Å². The van der Waals surface area contributed by atoms with Crippen LogP contribution in [-0.2, 0) is 9.59 Å². The fourth-order valence-electron chi connectivity index (χ4n) is 1.18. The number of hydrogen-bond donors (Lipinski definition) is 3. The molecule has 0 spiro atoms. The molecular weight excluding hydrogens is 194 g/mol. The molecule has 0 aromatic carbocycles. The van der Waals surface area contributed by atoms with Crippen molar-refractivity contribution in [2.75, 3.05) is 0 Å². The number of amides is 1. The number of carbonyl (C=O) groups excluding carboxylic acids is 2. The van der Waals surface area contributed by atoms with E-state index >= 15 is 0 Å². The lowest BCUT2D eigenvalue weighted by atomic mass is 10.1. The lowest BCUT2D eigenvalue weighted by Gasteiger charge is -2.21. The zero-order valence-corrected chi connectivity index (χ0v) is 8.63. The van der Waals surface area contributed by atoms with Crippen LogP contribution in [0.25, 0.3) is 0 Å². The van der Waals surface area contributed by atoms with E-state index in [1.165, 1.54) is 13.8 Å². The Hall–Kier alpha value is -1.91. The van der Waals surface area contributed by atoms with Gasteiger partial charge in [-0.15, -0.1) is 0 Å². The van der Waals surface area contributed by atoms with Crippen molar-refractivity contribution < 1.29 is 9.59 Å². The second kappa shape index (κ2) is 4.54. The molecule has 1 unspecified atom stereocenters. The number of rotatable bonds is 3. The topological polar surface area (TPSA) is 82.1 Å². The molecule has 0 aromatic rings. The first kappa shape index (κ1) is 11.2. The Morgan fingerprint density at radius 2 is 2.13 bits per heavy atom. The Kier molecular flexibility index (Phi) is 3.38. The van der Waals surface area contributed by atoms with Crippen molar-refractivity contribution >= 4 is 17.4 Å². The Morgan fingerprint density at radius 3 is 2.67 bits per heavy atom. The highest BCUT2D eigenvalue weighted by molar-refractivity contribution is 6.40. The fourth-order valence-corrected chi connectivity index (χ4v) is 1.18. The van der Waals surface area contributed by atoms with Crippen LogP contribution in [0.4, 0.5) is 0 Å². The molecule has 0 aromatic heterocycles. The number of ketones is 1. The molecule has 1 atom stereocenters. The van der Waals surface area contributed by atoms with Gasteiger partial charge in [0, 0.05) is 13.8 Å². The first-order valence-corrected chi connectivity index (χ1v) is 4.52. The van der Waals surface area contributed by atoms with E-state index in [-0.39, 0.29) is 17.4 Å². The normalized spacial score (nSPS) is 18.8. The van der Waals surface area contributed by atoms with E-state index < -0.39 is 6.04 Å². The predicted molar refractivity (Wildman–Crippen MR) is 56.4 cm³/mol. The maximum atomic E-state index is 11.0. The van der Waals surface area contributed by atoms with Gasteiger partial charge >= 0.3 is 0 Å². The Bertz CT molecular complexity index is 369. The molecule has 80 valence electrons. The summed E-state index contributed by atoms with van der Waals surface area (Å²) >= 11 is 0. The van der Waals surface area contributed by atoms with Gasteiger partial charge in [0.1, 0.15) is 11.5 Å². The van der Waals surface area contributed by atoms with E-state index in [0.29, 0.717) is 5.82 Å². The average molecular weight is 207 g/mol. The summed E-state index contributed by atoms with van der Waals surface area (Å²) in [6.07, 6.45) is 5.06. The summed E-state index contributed by atoms with van der Waals surface area (Å²) in [5.41, 5.74) is -0.0257. The van der Waals surface area contributed by atoms with Crippen molar-refractivity contribution in [1.82, 2.24) is 10.6 Å². The van der Waals surface area contributed by atoms with Gasteiger partial charge in [0.05, 0.1) is 6.04 Å². The third kappa shape index (κ3) is 3.05. The highest BCUT2D eigenvalue weighted by Crippen LogP contribution is 2.02. The summed E-state index contributed by atoms with van der Waals surface area (Å²) in [6.45, 7) is 2.74. The Labute approximate surface area is 87.7 Å². The van der Waals surface area contributed by atoms with Gasteiger partial charge < -0.3 is 10.6 Å². The molecule has 5 heteroatoms. The van der Waals surface area contributed by atoms with E-state index in [1.54, 1.807) is 18.2 Å². The Balaban J connectivity index is 2.67. The number of carbonyl (C=O) groups is 2. The molecule has 1 amide bonds. The summed E-state index contributed by atoms with van der Waals surface area (Å²) in [5.74, 6) is 0.0133. The molecule has 0 fully saturated rings. The van der Waals surface area contributed by atoms with Crippen LogP contribution in [0.1, 0.15) is 13.8 Å². The third-order valence-electron chi connectivity index (χ3n) is 1.88. The van der Waals surface area contributed by atoms with Gasteiger partial charge in [-0.2, -0.15) is 0 Å². The van der Waals surface area contributed by atoms with E-state index in [1.807, 2.05) is 0 Å². The van der Waals surface area contributed by atoms with Crippen LogP contribution in [-0.4, -0.2) is 23.4 Å². The quantitative estimate of drug-likeness (QED) is 0.574.